The van der Waals surface area contributed by atoms with E-state index in [9.17, 15) is 44.9 Å². The van der Waals surface area contributed by atoms with Crippen molar-refractivity contribution in [2.45, 2.75) is 24.2 Å². The average molecular weight is 428 g/mol. The zero-order valence-corrected chi connectivity index (χ0v) is 14.5. The van der Waals surface area contributed by atoms with Gasteiger partial charge in [0.1, 0.15) is 5.69 Å². The minimum atomic E-state index is -5.25. The smallest absolute Gasteiger partial charge is 0.273 e. The Morgan fingerprint density at radius 3 is 1.86 bits per heavy atom. The molecular weight excluding hydrogens is 418 g/mol. The van der Waals surface area contributed by atoms with Gasteiger partial charge in [-0.05, 0) is 36.8 Å². The predicted octanol–water partition coefficient (Wildman–Crippen LogP) is 4.74. The fourth-order valence-electron chi connectivity index (χ4n) is 2.16. The number of halogens is 6. The number of hydrogen-bond acceptors (Lipinski definition) is 4. The Kier molecular flexibility index (Phi) is 5.34. The molecule has 6 nitrogen and oxygen atoms in total. The number of hydrogen-bond donors (Lipinski definition) is 1. The number of alkyl halides is 6. The van der Waals surface area contributed by atoms with Crippen LogP contribution in [-0.2, 0) is 22.4 Å². The number of benzene rings is 2. The highest BCUT2D eigenvalue weighted by Crippen LogP contribution is 2.38. The maximum atomic E-state index is 12.9. The molecule has 0 bridgehead atoms. The van der Waals surface area contributed by atoms with E-state index >= 15 is 0 Å². The van der Waals surface area contributed by atoms with Crippen molar-refractivity contribution in [2.75, 3.05) is 4.72 Å². The summed E-state index contributed by atoms with van der Waals surface area (Å²) in [6.45, 7) is 1.47. The van der Waals surface area contributed by atoms with E-state index in [1.807, 2.05) is 0 Å². The molecular formula is C15H10F6N2O4S. The Bertz CT molecular complexity index is 1000. The SMILES string of the molecule is Cc1ccc(NS(=O)(=O)c2cc(C(F)(F)F)cc(C(F)(F)F)c2)c([N+](=O)[O-])c1. The minimum Gasteiger partial charge on any atom is -0.273 e. The zero-order valence-electron chi connectivity index (χ0n) is 13.7. The van der Waals surface area contributed by atoms with Gasteiger partial charge in [0.05, 0.1) is 20.9 Å². The van der Waals surface area contributed by atoms with Gasteiger partial charge in [-0.1, -0.05) is 6.07 Å². The van der Waals surface area contributed by atoms with E-state index in [4.69, 9.17) is 0 Å². The van der Waals surface area contributed by atoms with Gasteiger partial charge in [0.15, 0.2) is 0 Å². The van der Waals surface area contributed by atoms with Gasteiger partial charge < -0.3 is 0 Å². The molecule has 1 N–H and O–H groups in total. The topological polar surface area (TPSA) is 89.3 Å². The molecule has 0 radical (unpaired) electrons. The van der Waals surface area contributed by atoms with Crippen LogP contribution in [0.25, 0.3) is 0 Å². The zero-order chi connectivity index (χ0) is 21.5. The molecule has 13 heteroatoms. The standard InChI is InChI=1S/C15H10F6N2O4S/c1-8-2-3-12(13(4-8)23(24)25)22-28(26,27)11-6-9(14(16,17)18)5-10(7-11)15(19,20)21/h2-7,22H,1H3. The second kappa shape index (κ2) is 6.96. The average Bonchev–Trinajstić information content (AvgIpc) is 2.54. The Balaban J connectivity index is 2.62. The first-order valence-electron chi connectivity index (χ1n) is 7.18. The molecule has 0 spiro atoms. The molecule has 0 atom stereocenters. The second-order valence-electron chi connectivity index (χ2n) is 5.62. The molecule has 0 saturated carbocycles. The van der Waals surface area contributed by atoms with Crippen LogP contribution in [0.4, 0.5) is 37.7 Å². The van der Waals surface area contributed by atoms with Gasteiger partial charge in [0.2, 0.25) is 0 Å². The van der Waals surface area contributed by atoms with Crippen LogP contribution < -0.4 is 4.72 Å². The Hall–Kier alpha value is -2.83. The van der Waals surface area contributed by atoms with Gasteiger partial charge in [0.25, 0.3) is 15.7 Å². The van der Waals surface area contributed by atoms with Crippen molar-refractivity contribution >= 4 is 21.4 Å². The maximum Gasteiger partial charge on any atom is 0.416 e. The van der Waals surface area contributed by atoms with Crippen LogP contribution in [0, 0.1) is 17.0 Å². The normalized spacial score (nSPS) is 12.7. The summed E-state index contributed by atoms with van der Waals surface area (Å²) in [4.78, 5) is 8.75. The molecule has 0 saturated heterocycles. The van der Waals surface area contributed by atoms with Crippen molar-refractivity contribution in [1.29, 1.82) is 0 Å². The van der Waals surface area contributed by atoms with E-state index < -0.39 is 54.7 Å². The lowest BCUT2D eigenvalue weighted by Crippen LogP contribution is -2.18. The third kappa shape index (κ3) is 4.71. The van der Waals surface area contributed by atoms with Crippen molar-refractivity contribution < 1.29 is 39.7 Å². The number of sulfonamides is 1. The summed E-state index contributed by atoms with van der Waals surface area (Å²) in [5, 5.41) is 11.0. The van der Waals surface area contributed by atoms with Crippen LogP contribution in [0.2, 0.25) is 0 Å². The molecule has 0 amide bonds. The molecule has 152 valence electrons. The van der Waals surface area contributed by atoms with Gasteiger partial charge in [0, 0.05) is 6.07 Å². The van der Waals surface area contributed by atoms with E-state index in [1.54, 1.807) is 4.72 Å². The number of nitro groups is 1. The highest BCUT2D eigenvalue weighted by molar-refractivity contribution is 7.92. The summed E-state index contributed by atoms with van der Waals surface area (Å²) in [5.41, 5.74) is -4.61. The lowest BCUT2D eigenvalue weighted by Gasteiger charge is -2.15. The van der Waals surface area contributed by atoms with Crippen LogP contribution in [0.3, 0.4) is 0 Å². The van der Waals surface area contributed by atoms with Crippen molar-refractivity contribution in [3.63, 3.8) is 0 Å². The molecule has 2 aromatic carbocycles. The van der Waals surface area contributed by atoms with Gasteiger partial charge in [-0.2, -0.15) is 26.3 Å². The Morgan fingerprint density at radius 1 is 0.929 bits per heavy atom. The predicted molar refractivity (Wildman–Crippen MR) is 85.1 cm³/mol. The van der Waals surface area contributed by atoms with Crippen molar-refractivity contribution in [2.24, 2.45) is 0 Å². The third-order valence-corrected chi connectivity index (χ3v) is 4.81. The summed E-state index contributed by atoms with van der Waals surface area (Å²) in [7, 11) is -5.00. The van der Waals surface area contributed by atoms with E-state index in [0.29, 0.717) is 5.56 Å². The number of aryl methyl sites for hydroxylation is 1. The molecule has 0 aliphatic heterocycles. The molecule has 0 unspecified atom stereocenters. The lowest BCUT2D eigenvalue weighted by molar-refractivity contribution is -0.383. The largest absolute Gasteiger partial charge is 0.416 e. The van der Waals surface area contributed by atoms with Crippen molar-refractivity contribution in [3.8, 4) is 0 Å². The number of nitrogens with zero attached hydrogens (tertiary/aromatic N) is 1. The van der Waals surface area contributed by atoms with Crippen LogP contribution in [-0.4, -0.2) is 13.3 Å². The van der Waals surface area contributed by atoms with Crippen LogP contribution in [0.5, 0.6) is 0 Å². The highest BCUT2D eigenvalue weighted by atomic mass is 32.2. The van der Waals surface area contributed by atoms with Crippen molar-refractivity contribution in [1.82, 2.24) is 0 Å². The lowest BCUT2D eigenvalue weighted by atomic mass is 10.1. The minimum absolute atomic E-state index is 0.0115. The number of nitro benzene ring substituents is 1. The summed E-state index contributed by atoms with van der Waals surface area (Å²) >= 11 is 0. The van der Waals surface area contributed by atoms with Gasteiger partial charge >= 0.3 is 12.4 Å². The number of anilines is 1. The molecule has 2 rings (SSSR count). The maximum absolute atomic E-state index is 12.9. The highest BCUT2D eigenvalue weighted by Gasteiger charge is 2.38. The van der Waals surface area contributed by atoms with Crippen molar-refractivity contribution in [3.05, 3.63) is 63.2 Å². The van der Waals surface area contributed by atoms with E-state index in [-0.39, 0.29) is 18.2 Å². The molecule has 0 fully saturated rings. The molecule has 0 aliphatic rings. The number of rotatable bonds is 4. The summed E-state index contributed by atoms with van der Waals surface area (Å²) < 4.78 is 104. The quantitative estimate of drug-likeness (QED) is 0.433. The van der Waals surface area contributed by atoms with E-state index in [2.05, 4.69) is 0 Å². The summed E-state index contributed by atoms with van der Waals surface area (Å²) in [6.07, 6.45) is -10.5. The first-order valence-corrected chi connectivity index (χ1v) is 8.67. The Morgan fingerprint density at radius 2 is 1.43 bits per heavy atom. The molecule has 0 aliphatic carbocycles. The second-order valence-corrected chi connectivity index (χ2v) is 7.31. The first-order chi connectivity index (χ1) is 12.6. The summed E-state index contributed by atoms with van der Waals surface area (Å²) in [6, 6.07) is 3.04. The molecule has 0 aromatic heterocycles. The van der Waals surface area contributed by atoms with Gasteiger partial charge in [-0.15, -0.1) is 0 Å². The van der Waals surface area contributed by atoms with E-state index in [1.165, 1.54) is 13.0 Å². The fraction of sp³-hybridized carbons (Fsp3) is 0.200. The number of nitrogens with one attached hydrogen (secondary N) is 1. The van der Waals surface area contributed by atoms with Gasteiger partial charge in [-0.3, -0.25) is 14.8 Å². The van der Waals surface area contributed by atoms with Crippen LogP contribution in [0.1, 0.15) is 16.7 Å². The fourth-order valence-corrected chi connectivity index (χ4v) is 3.31. The monoisotopic (exact) mass is 428 g/mol. The Labute approximate surface area is 154 Å². The van der Waals surface area contributed by atoms with Crippen LogP contribution in [0.15, 0.2) is 41.3 Å². The third-order valence-electron chi connectivity index (χ3n) is 3.47. The molecule has 28 heavy (non-hydrogen) atoms. The first kappa shape index (κ1) is 21.5. The summed E-state index contributed by atoms with van der Waals surface area (Å²) in [5.74, 6) is 0. The van der Waals surface area contributed by atoms with E-state index in [0.717, 1.165) is 12.1 Å². The molecule has 2 aromatic rings. The molecule has 0 heterocycles. The van der Waals surface area contributed by atoms with Gasteiger partial charge in [-0.25, -0.2) is 8.42 Å². The van der Waals surface area contributed by atoms with Crippen LogP contribution >= 0.6 is 0 Å².